The van der Waals surface area contributed by atoms with Gasteiger partial charge in [0.15, 0.2) is 0 Å². The van der Waals surface area contributed by atoms with Crippen molar-refractivity contribution in [3.8, 4) is 5.75 Å². The van der Waals surface area contributed by atoms with Crippen molar-refractivity contribution >= 4 is 5.78 Å². The van der Waals surface area contributed by atoms with Crippen molar-refractivity contribution in [1.82, 2.24) is 0 Å². The highest BCUT2D eigenvalue weighted by molar-refractivity contribution is 6.02. The number of ketones is 1. The Bertz CT molecular complexity index is 491. The van der Waals surface area contributed by atoms with Crippen LogP contribution in [0.3, 0.4) is 0 Å². The van der Waals surface area contributed by atoms with Gasteiger partial charge in [-0.15, -0.1) is 0 Å². The lowest BCUT2D eigenvalue weighted by Gasteiger charge is -2.18. The minimum atomic E-state index is -5.91. The monoisotopic (exact) mass is 280 g/mol. The Hall–Kier alpha value is -1.66. The number of carbonyl (C=O) groups excluding carboxylic acids is 1. The Labute approximate surface area is 105 Å². The summed E-state index contributed by atoms with van der Waals surface area (Å²) in [6.07, 6.45) is -4.35. The molecule has 19 heavy (non-hydrogen) atoms. The van der Waals surface area contributed by atoms with Crippen molar-refractivity contribution in [3.05, 3.63) is 29.8 Å². The van der Waals surface area contributed by atoms with Crippen LogP contribution in [-0.4, -0.2) is 24.0 Å². The van der Waals surface area contributed by atoms with Gasteiger partial charge in [0.05, 0.1) is 6.10 Å². The van der Waals surface area contributed by atoms with E-state index in [1.807, 2.05) is 0 Å². The van der Waals surface area contributed by atoms with E-state index in [0.29, 0.717) is 0 Å². The highest BCUT2D eigenvalue weighted by Crippen LogP contribution is 2.38. The van der Waals surface area contributed by atoms with Gasteiger partial charge in [-0.05, 0) is 25.0 Å². The molecule has 1 aliphatic carbocycles. The summed E-state index contributed by atoms with van der Waals surface area (Å²) >= 11 is 0. The van der Waals surface area contributed by atoms with Crippen LogP contribution < -0.4 is 4.74 Å². The van der Waals surface area contributed by atoms with Crippen LogP contribution in [0.15, 0.2) is 24.3 Å². The molecule has 0 unspecified atom stereocenters. The molecule has 0 amide bonds. The predicted molar refractivity (Wildman–Crippen MR) is 55.4 cm³/mol. The Balaban J connectivity index is 2.23. The molecule has 0 spiro atoms. The fourth-order valence-corrected chi connectivity index (χ4v) is 1.40. The molecule has 0 atom stereocenters. The first-order valence-corrected chi connectivity index (χ1v) is 5.48. The molecule has 0 heterocycles. The van der Waals surface area contributed by atoms with Gasteiger partial charge in [0.25, 0.3) is 0 Å². The maximum absolute atomic E-state index is 12.9. The summed E-state index contributed by atoms with van der Waals surface area (Å²) in [5, 5.41) is 0. The second-order valence-electron chi connectivity index (χ2n) is 4.25. The minimum absolute atomic E-state index is 0.0477. The van der Waals surface area contributed by atoms with E-state index < -0.39 is 23.4 Å². The van der Waals surface area contributed by atoms with Crippen molar-refractivity contribution in [3.63, 3.8) is 0 Å². The Morgan fingerprint density at radius 1 is 1.16 bits per heavy atom. The maximum atomic E-state index is 12.9. The van der Waals surface area contributed by atoms with Crippen molar-refractivity contribution in [1.29, 1.82) is 0 Å². The third-order valence-corrected chi connectivity index (χ3v) is 2.56. The van der Waals surface area contributed by atoms with E-state index in [4.69, 9.17) is 4.74 Å². The van der Waals surface area contributed by atoms with Crippen LogP contribution in [0.5, 0.6) is 5.75 Å². The van der Waals surface area contributed by atoms with Gasteiger partial charge in [0.2, 0.25) is 5.78 Å². The molecule has 1 saturated carbocycles. The zero-order valence-corrected chi connectivity index (χ0v) is 9.51. The number of benzene rings is 1. The largest absolute Gasteiger partial charge is 0.490 e. The molecule has 1 aliphatic rings. The summed E-state index contributed by atoms with van der Waals surface area (Å²) in [7, 11) is 0. The van der Waals surface area contributed by atoms with Crippen molar-refractivity contribution < 1.29 is 31.5 Å². The summed E-state index contributed by atoms with van der Waals surface area (Å²) in [5.74, 6) is -7.56. The molecule has 0 N–H and O–H groups in total. The van der Waals surface area contributed by atoms with Crippen LogP contribution in [0, 0.1) is 0 Å². The van der Waals surface area contributed by atoms with E-state index in [1.54, 1.807) is 0 Å². The molecule has 0 aromatic heterocycles. The predicted octanol–water partition coefficient (Wildman–Crippen LogP) is 3.61. The molecular formula is C12H9F5O2. The van der Waals surface area contributed by atoms with Gasteiger partial charge in [0, 0.05) is 5.56 Å². The first-order valence-electron chi connectivity index (χ1n) is 5.48. The average Bonchev–Trinajstić information content (AvgIpc) is 3.10. The molecule has 1 aromatic carbocycles. The van der Waals surface area contributed by atoms with Crippen molar-refractivity contribution in [2.24, 2.45) is 0 Å². The Morgan fingerprint density at radius 2 is 1.79 bits per heavy atom. The van der Waals surface area contributed by atoms with Crippen LogP contribution in [0.4, 0.5) is 22.0 Å². The molecule has 7 heteroatoms. The van der Waals surface area contributed by atoms with Crippen LogP contribution in [0.25, 0.3) is 0 Å². The molecule has 1 aromatic rings. The lowest BCUT2D eigenvalue weighted by molar-refractivity contribution is -0.255. The third-order valence-electron chi connectivity index (χ3n) is 2.56. The Morgan fingerprint density at radius 3 is 2.32 bits per heavy atom. The fourth-order valence-electron chi connectivity index (χ4n) is 1.40. The first kappa shape index (κ1) is 13.8. The van der Waals surface area contributed by atoms with E-state index in [0.717, 1.165) is 25.0 Å². The molecular weight excluding hydrogens is 271 g/mol. The molecule has 0 radical (unpaired) electrons. The van der Waals surface area contributed by atoms with Crippen LogP contribution >= 0.6 is 0 Å². The molecule has 1 fully saturated rings. The summed E-state index contributed by atoms with van der Waals surface area (Å²) < 4.78 is 67.3. The highest BCUT2D eigenvalue weighted by atomic mass is 19.4. The summed E-state index contributed by atoms with van der Waals surface area (Å²) in [6, 6.07) is 4.42. The number of Topliss-reactive ketones (excluding diaryl/α,β-unsaturated/α-hetero) is 1. The van der Waals surface area contributed by atoms with E-state index >= 15 is 0 Å². The van der Waals surface area contributed by atoms with Crippen LogP contribution in [0.2, 0.25) is 0 Å². The van der Waals surface area contributed by atoms with Crippen molar-refractivity contribution in [2.45, 2.75) is 31.0 Å². The first-order chi connectivity index (χ1) is 8.72. The van der Waals surface area contributed by atoms with E-state index in [9.17, 15) is 26.7 Å². The second-order valence-corrected chi connectivity index (χ2v) is 4.25. The summed E-state index contributed by atoms with van der Waals surface area (Å²) in [4.78, 5) is 11.2. The Kier molecular flexibility index (Phi) is 3.24. The smallest absolute Gasteiger partial charge is 0.461 e. The molecule has 0 bridgehead atoms. The van der Waals surface area contributed by atoms with Crippen molar-refractivity contribution in [2.75, 3.05) is 0 Å². The molecule has 0 aliphatic heterocycles. The fraction of sp³-hybridized carbons (Fsp3) is 0.417. The second kappa shape index (κ2) is 4.47. The number of alkyl halides is 5. The molecule has 2 nitrogen and oxygen atoms in total. The number of halogens is 5. The zero-order valence-electron chi connectivity index (χ0n) is 9.51. The van der Waals surface area contributed by atoms with E-state index in [-0.39, 0.29) is 11.9 Å². The van der Waals surface area contributed by atoms with Gasteiger partial charge in [-0.2, -0.15) is 22.0 Å². The van der Waals surface area contributed by atoms with Gasteiger partial charge in [-0.1, -0.05) is 12.1 Å². The number of rotatable bonds is 4. The summed E-state index contributed by atoms with van der Waals surface area (Å²) in [5.41, 5.74) is -0.722. The number of carbonyl (C=O) groups is 1. The quantitative estimate of drug-likeness (QED) is 0.622. The lowest BCUT2D eigenvalue weighted by Crippen LogP contribution is -2.44. The molecule has 104 valence electrons. The number of hydrogen-bond donors (Lipinski definition) is 0. The van der Waals surface area contributed by atoms with Gasteiger partial charge < -0.3 is 4.74 Å². The topological polar surface area (TPSA) is 26.3 Å². The SMILES string of the molecule is O=C(c1cccc(OC2CC2)c1)C(F)(F)C(F)(F)F. The average molecular weight is 280 g/mol. The normalized spacial score (nSPS) is 16.3. The highest BCUT2D eigenvalue weighted by Gasteiger charge is 2.63. The number of hydrogen-bond acceptors (Lipinski definition) is 2. The van der Waals surface area contributed by atoms with Crippen LogP contribution in [0.1, 0.15) is 23.2 Å². The zero-order chi connectivity index (χ0) is 14.3. The van der Waals surface area contributed by atoms with Gasteiger partial charge >= 0.3 is 12.1 Å². The number of ether oxygens (including phenoxy) is 1. The third kappa shape index (κ3) is 2.85. The summed E-state index contributed by atoms with van der Waals surface area (Å²) in [6.45, 7) is 0. The van der Waals surface area contributed by atoms with Gasteiger partial charge in [-0.25, -0.2) is 0 Å². The minimum Gasteiger partial charge on any atom is -0.490 e. The van der Waals surface area contributed by atoms with E-state index in [2.05, 4.69) is 0 Å². The standard InChI is InChI=1S/C12H9F5O2/c13-11(14,12(15,16)17)10(18)7-2-1-3-9(6-7)19-8-4-5-8/h1-3,6,8H,4-5H2. The lowest BCUT2D eigenvalue weighted by atomic mass is 10.0. The van der Waals surface area contributed by atoms with Gasteiger partial charge in [0.1, 0.15) is 5.75 Å². The maximum Gasteiger partial charge on any atom is 0.461 e. The van der Waals surface area contributed by atoms with Crippen LogP contribution in [-0.2, 0) is 0 Å². The van der Waals surface area contributed by atoms with Gasteiger partial charge in [-0.3, -0.25) is 4.79 Å². The molecule has 2 rings (SSSR count). The van der Waals surface area contributed by atoms with E-state index in [1.165, 1.54) is 12.1 Å². The molecule has 0 saturated heterocycles.